The zero-order chi connectivity index (χ0) is 41.4. The van der Waals surface area contributed by atoms with Crippen molar-refractivity contribution in [2.24, 2.45) is 0 Å². The van der Waals surface area contributed by atoms with Gasteiger partial charge in [0, 0.05) is 37.1 Å². The van der Waals surface area contributed by atoms with E-state index >= 15 is 0 Å². The van der Waals surface area contributed by atoms with E-state index in [1.165, 1.54) is 6.33 Å². The van der Waals surface area contributed by atoms with Crippen LogP contribution in [0.15, 0.2) is 94.6 Å². The van der Waals surface area contributed by atoms with Crippen molar-refractivity contribution in [1.29, 1.82) is 0 Å². The number of amides is 2. The number of furan rings is 1. The third-order valence-electron chi connectivity index (χ3n) is 10.0. The highest BCUT2D eigenvalue weighted by molar-refractivity contribution is 6.33. The maximum absolute atomic E-state index is 14.5. The second-order valence-electron chi connectivity index (χ2n) is 13.8. The summed E-state index contributed by atoms with van der Waals surface area (Å²) in [6.07, 6.45) is -1.47. The van der Waals surface area contributed by atoms with E-state index in [9.17, 15) is 27.6 Å². The Morgan fingerprint density at radius 2 is 1.76 bits per heavy atom. The molecule has 1 aliphatic rings. The minimum absolute atomic E-state index is 0.0242. The molecule has 0 radical (unpaired) electrons. The maximum Gasteiger partial charge on any atom is 0.416 e. The van der Waals surface area contributed by atoms with Crippen LogP contribution in [0, 0.1) is 6.92 Å². The van der Waals surface area contributed by atoms with Crippen molar-refractivity contribution >= 4 is 51.5 Å². The van der Waals surface area contributed by atoms with Crippen LogP contribution in [0.1, 0.15) is 39.9 Å². The molecule has 302 valence electrons. The van der Waals surface area contributed by atoms with Gasteiger partial charge in [0.1, 0.15) is 30.7 Å². The minimum Gasteiger partial charge on any atom is -0.485 e. The lowest BCUT2D eigenvalue weighted by Crippen LogP contribution is -2.51. The Hall–Kier alpha value is -6.75. The lowest BCUT2D eigenvalue weighted by molar-refractivity contribution is -0.137. The van der Waals surface area contributed by atoms with Crippen LogP contribution >= 0.6 is 11.6 Å². The van der Waals surface area contributed by atoms with Crippen LogP contribution in [0.5, 0.6) is 5.75 Å². The number of anilines is 2. The Kier molecular flexibility index (Phi) is 10.5. The number of ether oxygens (including phenoxy) is 1. The van der Waals surface area contributed by atoms with E-state index in [-0.39, 0.29) is 84.6 Å². The number of rotatable bonds is 10. The lowest BCUT2D eigenvalue weighted by atomic mass is 10.1. The Morgan fingerprint density at radius 3 is 2.49 bits per heavy atom. The fraction of sp³-hybridized carbons (Fsp3) is 0.244. The normalized spacial score (nSPS) is 13.3. The number of nitrogens with zero attached hydrogens (tertiary/aromatic N) is 8. The third kappa shape index (κ3) is 7.80. The standard InChI is InChI=1S/C41H35ClF3N9O5/c1-3-31-35(51-14-16-52(17-15-51)38(56)34-36(24(2)46-23-47-34)59-22-25-7-5-4-6-8-25)39(57)54-40(49-37(50-54)27-9-12-32-26(19-27)13-18-58-32)53(31)21-33(55)48-30-11-10-28(20-29(30)42)41(43,44)45/h4-13,18-20,23H,3,14-17,21-22H2,1-2H3,(H,48,55). The predicted octanol–water partition coefficient (Wildman–Crippen LogP) is 6.82. The summed E-state index contributed by atoms with van der Waals surface area (Å²) in [4.78, 5) is 58.9. The molecule has 2 amide bonds. The molecule has 8 rings (SSSR count). The van der Waals surface area contributed by atoms with Crippen molar-refractivity contribution in [3.05, 3.63) is 129 Å². The lowest BCUT2D eigenvalue weighted by Gasteiger charge is -2.36. The minimum atomic E-state index is -4.62. The molecule has 1 saturated heterocycles. The van der Waals surface area contributed by atoms with Crippen LogP contribution in [-0.4, -0.2) is 72.0 Å². The number of carbonyl (C=O) groups is 2. The van der Waals surface area contributed by atoms with Crippen LogP contribution < -0.4 is 20.5 Å². The van der Waals surface area contributed by atoms with E-state index in [1.54, 1.807) is 40.9 Å². The first kappa shape index (κ1) is 39.1. The van der Waals surface area contributed by atoms with E-state index in [0.717, 1.165) is 33.7 Å². The molecule has 4 aromatic heterocycles. The molecule has 1 aliphatic heterocycles. The monoisotopic (exact) mass is 825 g/mol. The summed E-state index contributed by atoms with van der Waals surface area (Å²) in [5, 5.41) is 7.70. The average Bonchev–Trinajstić information content (AvgIpc) is 3.90. The van der Waals surface area contributed by atoms with Crippen molar-refractivity contribution in [3.63, 3.8) is 0 Å². The van der Waals surface area contributed by atoms with Gasteiger partial charge in [-0.1, -0.05) is 48.9 Å². The maximum atomic E-state index is 14.5. The molecule has 18 heteroatoms. The van der Waals surface area contributed by atoms with Gasteiger partial charge in [0.15, 0.2) is 17.3 Å². The van der Waals surface area contributed by atoms with Crippen molar-refractivity contribution in [1.82, 2.24) is 34.0 Å². The van der Waals surface area contributed by atoms with E-state index in [1.807, 2.05) is 48.2 Å². The van der Waals surface area contributed by atoms with Crippen LogP contribution in [0.2, 0.25) is 5.02 Å². The fourth-order valence-electron chi connectivity index (χ4n) is 7.08. The van der Waals surface area contributed by atoms with Crippen molar-refractivity contribution in [2.45, 2.75) is 39.6 Å². The Morgan fingerprint density at radius 1 is 0.983 bits per heavy atom. The third-order valence-corrected chi connectivity index (χ3v) is 10.3. The number of piperazine rings is 1. The van der Waals surface area contributed by atoms with E-state index in [4.69, 9.17) is 25.7 Å². The highest BCUT2D eigenvalue weighted by Crippen LogP contribution is 2.34. The number of alkyl halides is 3. The van der Waals surface area contributed by atoms with Gasteiger partial charge in [0.2, 0.25) is 11.7 Å². The van der Waals surface area contributed by atoms with Gasteiger partial charge in [0.05, 0.1) is 33.9 Å². The van der Waals surface area contributed by atoms with E-state index in [2.05, 4.69) is 20.4 Å². The number of hydrogen-bond acceptors (Lipinski definition) is 10. The summed E-state index contributed by atoms with van der Waals surface area (Å²) in [6.45, 7) is 4.33. The second kappa shape index (κ2) is 15.9. The summed E-state index contributed by atoms with van der Waals surface area (Å²) in [6, 6.07) is 19.3. The van der Waals surface area contributed by atoms with Gasteiger partial charge < -0.3 is 28.8 Å². The van der Waals surface area contributed by atoms with Crippen LogP contribution in [0.3, 0.4) is 0 Å². The molecule has 14 nitrogen and oxygen atoms in total. The van der Waals surface area contributed by atoms with Gasteiger partial charge in [-0.05, 0) is 61.4 Å². The van der Waals surface area contributed by atoms with Gasteiger partial charge in [0.25, 0.3) is 11.5 Å². The van der Waals surface area contributed by atoms with E-state index < -0.39 is 29.8 Å². The van der Waals surface area contributed by atoms with Gasteiger partial charge in [-0.25, -0.2) is 9.97 Å². The highest BCUT2D eigenvalue weighted by Gasteiger charge is 2.33. The molecule has 3 aromatic carbocycles. The number of aromatic nitrogens is 6. The fourth-order valence-corrected chi connectivity index (χ4v) is 7.31. The number of nitrogens with one attached hydrogen (secondary N) is 1. The first-order valence-electron chi connectivity index (χ1n) is 18.6. The number of fused-ring (bicyclic) bond motifs is 2. The smallest absolute Gasteiger partial charge is 0.416 e. The number of benzene rings is 3. The molecule has 5 heterocycles. The predicted molar refractivity (Wildman–Crippen MR) is 213 cm³/mol. The zero-order valence-electron chi connectivity index (χ0n) is 31.7. The first-order valence-corrected chi connectivity index (χ1v) is 19.0. The molecular weight excluding hydrogens is 791 g/mol. The van der Waals surface area contributed by atoms with Crippen molar-refractivity contribution < 1.29 is 31.9 Å². The highest BCUT2D eigenvalue weighted by atomic mass is 35.5. The molecule has 0 aliphatic carbocycles. The summed E-state index contributed by atoms with van der Waals surface area (Å²) in [5.74, 6) is -0.415. The Bertz CT molecular complexity index is 2780. The number of carbonyl (C=O) groups excluding carboxylic acids is 2. The van der Waals surface area contributed by atoms with Crippen LogP contribution in [0.4, 0.5) is 24.5 Å². The molecule has 0 bridgehead atoms. The Balaban J connectivity index is 1.11. The summed E-state index contributed by atoms with van der Waals surface area (Å²) in [5.41, 5.74) is 2.05. The zero-order valence-corrected chi connectivity index (χ0v) is 32.4. The van der Waals surface area contributed by atoms with Crippen molar-refractivity contribution in [2.75, 3.05) is 36.4 Å². The topological polar surface area (TPSA) is 153 Å². The Labute approximate surface area is 338 Å². The molecule has 59 heavy (non-hydrogen) atoms. The van der Waals surface area contributed by atoms with Crippen LogP contribution in [-0.2, 0) is 30.5 Å². The van der Waals surface area contributed by atoms with Gasteiger partial charge in [-0.15, -0.1) is 5.10 Å². The quantitative estimate of drug-likeness (QED) is 0.156. The van der Waals surface area contributed by atoms with E-state index in [0.29, 0.717) is 22.5 Å². The summed E-state index contributed by atoms with van der Waals surface area (Å²) in [7, 11) is 0. The molecule has 7 aromatic rings. The van der Waals surface area contributed by atoms with Gasteiger partial charge >= 0.3 is 6.18 Å². The molecule has 1 fully saturated rings. The summed E-state index contributed by atoms with van der Waals surface area (Å²) < 4.78 is 54.2. The molecule has 0 atom stereocenters. The molecule has 1 N–H and O–H groups in total. The number of hydrogen-bond donors (Lipinski definition) is 1. The number of aryl methyl sites for hydroxylation is 1. The largest absolute Gasteiger partial charge is 0.485 e. The first-order chi connectivity index (χ1) is 28.4. The summed E-state index contributed by atoms with van der Waals surface area (Å²) >= 11 is 6.17. The van der Waals surface area contributed by atoms with Gasteiger partial charge in [-0.3, -0.25) is 14.4 Å². The second-order valence-corrected chi connectivity index (χ2v) is 14.2. The SMILES string of the molecule is CCc1c(N2CCN(C(=O)c3ncnc(C)c3OCc3ccccc3)CC2)c(=O)n2nc(-c3ccc4occc4c3)nc2n1CC(=O)Nc1ccc(C(F)(F)F)cc1Cl. The van der Waals surface area contributed by atoms with Crippen LogP contribution in [0.25, 0.3) is 28.1 Å². The van der Waals surface area contributed by atoms with Gasteiger partial charge in [-0.2, -0.15) is 22.7 Å². The molecule has 0 spiro atoms. The molecular formula is C41H35ClF3N9O5. The molecule has 0 unspecified atom stereocenters. The molecule has 0 saturated carbocycles. The average molecular weight is 826 g/mol. The number of halogens is 4. The van der Waals surface area contributed by atoms with Crippen molar-refractivity contribution in [3.8, 4) is 17.1 Å².